The fraction of sp³-hybridized carbons (Fsp3) is 0. The summed E-state index contributed by atoms with van der Waals surface area (Å²) >= 11 is 1.88. The smallest absolute Gasteiger partial charge is 0.164 e. The second kappa shape index (κ2) is 13.3. The minimum Gasteiger partial charge on any atom is -0.309 e. The Morgan fingerprint density at radius 2 is 0.875 bits per heavy atom. The largest absolute Gasteiger partial charge is 0.309 e. The zero-order chi connectivity index (χ0) is 37.0. The highest BCUT2D eigenvalue weighted by Gasteiger charge is 2.17. The molecule has 0 fully saturated rings. The lowest BCUT2D eigenvalue weighted by Crippen LogP contribution is -2.00. The molecule has 0 saturated heterocycles. The van der Waals surface area contributed by atoms with E-state index in [1.54, 1.807) is 0 Å². The van der Waals surface area contributed by atoms with Gasteiger partial charge in [0.1, 0.15) is 0 Å². The van der Waals surface area contributed by atoms with Gasteiger partial charge in [0.05, 0.1) is 11.0 Å². The van der Waals surface area contributed by atoms with Crippen LogP contribution in [0.2, 0.25) is 0 Å². The molecule has 0 atom stereocenters. The lowest BCUT2D eigenvalue weighted by molar-refractivity contribution is 1.07. The van der Waals surface area contributed by atoms with Crippen molar-refractivity contribution in [1.82, 2.24) is 19.5 Å². The first-order chi connectivity index (χ1) is 27.7. The molecule has 5 heteroatoms. The van der Waals surface area contributed by atoms with Crippen LogP contribution < -0.4 is 0 Å². The minimum absolute atomic E-state index is 0.645. The summed E-state index contributed by atoms with van der Waals surface area (Å²) in [6, 6.07) is 68.7. The third-order valence-electron chi connectivity index (χ3n) is 10.7. The highest BCUT2D eigenvalue weighted by molar-refractivity contribution is 7.26. The highest BCUT2D eigenvalue weighted by Crippen LogP contribution is 2.42. The van der Waals surface area contributed by atoms with Crippen LogP contribution in [0.15, 0.2) is 194 Å². The Labute approximate surface area is 327 Å². The Morgan fingerprint density at radius 3 is 1.61 bits per heavy atom. The average molecular weight is 733 g/mol. The molecule has 0 aliphatic carbocycles. The fourth-order valence-electron chi connectivity index (χ4n) is 7.97. The number of para-hydroxylation sites is 1. The molecule has 0 spiro atoms. The molecule has 0 radical (unpaired) electrons. The Morgan fingerprint density at radius 1 is 0.339 bits per heavy atom. The Kier molecular flexibility index (Phi) is 7.64. The lowest BCUT2D eigenvalue weighted by Gasteiger charge is -2.12. The molecule has 11 aromatic rings. The van der Waals surface area contributed by atoms with Gasteiger partial charge in [-0.3, -0.25) is 0 Å². The molecule has 4 nitrogen and oxygen atoms in total. The summed E-state index contributed by atoms with van der Waals surface area (Å²) in [6.07, 6.45) is 0. The predicted octanol–water partition coefficient (Wildman–Crippen LogP) is 13.7. The first kappa shape index (κ1) is 32.2. The van der Waals surface area contributed by atoms with Gasteiger partial charge in [0.15, 0.2) is 17.5 Å². The van der Waals surface area contributed by atoms with E-state index in [1.165, 1.54) is 53.1 Å². The molecular weight excluding hydrogens is 701 g/mol. The van der Waals surface area contributed by atoms with E-state index in [0.29, 0.717) is 17.5 Å². The van der Waals surface area contributed by atoms with Crippen LogP contribution in [0.5, 0.6) is 0 Å². The molecule has 0 unspecified atom stereocenters. The topological polar surface area (TPSA) is 43.6 Å². The summed E-state index contributed by atoms with van der Waals surface area (Å²) in [4.78, 5) is 14.7. The van der Waals surface area contributed by atoms with Crippen LogP contribution in [0.3, 0.4) is 0 Å². The third kappa shape index (κ3) is 5.48. The SMILES string of the molecule is c1ccc(-c2nc(-c3ccccc3)nc(-c3ccc(-c4cccc(-n5c6ccccc6c6cc(-c7cccc8c7sc7ccccc78)ccc65)c4)cc3)n2)cc1. The van der Waals surface area contributed by atoms with E-state index in [-0.39, 0.29) is 0 Å². The Balaban J connectivity index is 0.979. The van der Waals surface area contributed by atoms with Crippen molar-refractivity contribution in [1.29, 1.82) is 0 Å². The van der Waals surface area contributed by atoms with Gasteiger partial charge in [-0.05, 0) is 58.7 Å². The van der Waals surface area contributed by atoms with Crippen molar-refractivity contribution in [2.45, 2.75) is 0 Å². The van der Waals surface area contributed by atoms with Crippen LogP contribution in [-0.2, 0) is 0 Å². The normalized spacial score (nSPS) is 11.6. The van der Waals surface area contributed by atoms with Crippen molar-refractivity contribution in [3.05, 3.63) is 194 Å². The summed E-state index contributed by atoms with van der Waals surface area (Å²) in [6.45, 7) is 0. The van der Waals surface area contributed by atoms with Gasteiger partial charge < -0.3 is 4.57 Å². The van der Waals surface area contributed by atoms with E-state index in [9.17, 15) is 0 Å². The van der Waals surface area contributed by atoms with E-state index in [4.69, 9.17) is 15.0 Å². The first-order valence-corrected chi connectivity index (χ1v) is 19.6. The molecule has 3 aromatic heterocycles. The number of rotatable bonds is 6. The lowest BCUT2D eigenvalue weighted by atomic mass is 10.0. The number of hydrogen-bond donors (Lipinski definition) is 0. The summed E-state index contributed by atoms with van der Waals surface area (Å²) in [5, 5.41) is 5.12. The van der Waals surface area contributed by atoms with Gasteiger partial charge in [-0.15, -0.1) is 11.3 Å². The van der Waals surface area contributed by atoms with Crippen LogP contribution in [0.4, 0.5) is 0 Å². The van der Waals surface area contributed by atoms with Crippen LogP contribution in [0.25, 0.3) is 104 Å². The maximum Gasteiger partial charge on any atom is 0.164 e. The second-order valence-electron chi connectivity index (χ2n) is 14.0. The third-order valence-corrected chi connectivity index (χ3v) is 11.9. The van der Waals surface area contributed by atoms with Gasteiger partial charge in [0.2, 0.25) is 0 Å². The molecule has 0 bridgehead atoms. The van der Waals surface area contributed by atoms with Gasteiger partial charge in [0, 0.05) is 53.3 Å². The molecule has 0 saturated carbocycles. The van der Waals surface area contributed by atoms with Crippen LogP contribution in [0.1, 0.15) is 0 Å². The number of benzene rings is 8. The molecule has 0 N–H and O–H groups in total. The van der Waals surface area contributed by atoms with Crippen molar-refractivity contribution >= 4 is 53.3 Å². The number of nitrogens with zero attached hydrogens (tertiary/aromatic N) is 4. The van der Waals surface area contributed by atoms with Gasteiger partial charge in [-0.2, -0.15) is 0 Å². The number of thiophene rings is 1. The summed E-state index contributed by atoms with van der Waals surface area (Å²) < 4.78 is 5.05. The minimum atomic E-state index is 0.645. The van der Waals surface area contributed by atoms with E-state index in [0.717, 1.165) is 33.5 Å². The molecule has 0 aliphatic rings. The molecular formula is C51H32N4S. The summed E-state index contributed by atoms with van der Waals surface area (Å²) in [5.41, 5.74) is 11.1. The zero-order valence-corrected chi connectivity index (χ0v) is 31.0. The monoisotopic (exact) mass is 732 g/mol. The molecule has 3 heterocycles. The standard InChI is InChI=1S/C51H32N4S/c1-3-13-34(14-4-1)49-52-50(35-15-5-2-6-16-35)54-51(53-49)36-27-25-33(26-28-36)37-17-11-18-39(31-37)55-45-23-9-7-19-41(45)44-32-38(29-30-46(44)55)40-21-12-22-43-42-20-8-10-24-47(42)56-48(40)43/h1-32H. The van der Waals surface area contributed by atoms with Crippen LogP contribution >= 0.6 is 11.3 Å². The maximum atomic E-state index is 4.93. The van der Waals surface area contributed by atoms with E-state index in [1.807, 2.05) is 72.0 Å². The molecule has 8 aromatic carbocycles. The van der Waals surface area contributed by atoms with Crippen molar-refractivity contribution < 1.29 is 0 Å². The average Bonchev–Trinajstić information content (AvgIpc) is 3.83. The number of hydrogen-bond acceptors (Lipinski definition) is 4. The Bertz CT molecular complexity index is 3180. The number of fused-ring (bicyclic) bond motifs is 6. The molecule has 56 heavy (non-hydrogen) atoms. The van der Waals surface area contributed by atoms with Gasteiger partial charge in [0.25, 0.3) is 0 Å². The van der Waals surface area contributed by atoms with Gasteiger partial charge >= 0.3 is 0 Å². The van der Waals surface area contributed by atoms with E-state index < -0.39 is 0 Å². The molecule has 0 aliphatic heterocycles. The predicted molar refractivity (Wildman–Crippen MR) is 234 cm³/mol. The Hall–Kier alpha value is -7.21. The van der Waals surface area contributed by atoms with Gasteiger partial charge in [-0.1, -0.05) is 158 Å². The summed E-state index contributed by atoms with van der Waals surface area (Å²) in [7, 11) is 0. The molecule has 0 amide bonds. The second-order valence-corrected chi connectivity index (χ2v) is 15.1. The van der Waals surface area contributed by atoms with Crippen LogP contribution in [0, 0.1) is 0 Å². The van der Waals surface area contributed by atoms with Crippen molar-refractivity contribution in [3.8, 4) is 62.1 Å². The molecule has 11 rings (SSSR count). The van der Waals surface area contributed by atoms with E-state index >= 15 is 0 Å². The fourth-order valence-corrected chi connectivity index (χ4v) is 9.21. The van der Waals surface area contributed by atoms with Gasteiger partial charge in [-0.25, -0.2) is 15.0 Å². The summed E-state index contributed by atoms with van der Waals surface area (Å²) in [5.74, 6) is 1.95. The molecule has 262 valence electrons. The first-order valence-electron chi connectivity index (χ1n) is 18.8. The quantitative estimate of drug-likeness (QED) is 0.171. The zero-order valence-electron chi connectivity index (χ0n) is 30.2. The van der Waals surface area contributed by atoms with Crippen molar-refractivity contribution in [2.24, 2.45) is 0 Å². The van der Waals surface area contributed by atoms with Crippen LogP contribution in [-0.4, -0.2) is 19.5 Å². The van der Waals surface area contributed by atoms with Crippen molar-refractivity contribution in [3.63, 3.8) is 0 Å². The van der Waals surface area contributed by atoms with Crippen molar-refractivity contribution in [2.75, 3.05) is 0 Å². The maximum absolute atomic E-state index is 4.93. The van der Waals surface area contributed by atoms with E-state index in [2.05, 4.69) is 138 Å². The highest BCUT2D eigenvalue weighted by atomic mass is 32.1. The number of aromatic nitrogens is 4.